The number of rotatable bonds is 5. The van der Waals surface area contributed by atoms with E-state index in [1.165, 1.54) is 0 Å². The zero-order chi connectivity index (χ0) is 15.6. The summed E-state index contributed by atoms with van der Waals surface area (Å²) in [4.78, 5) is 4.25. The van der Waals surface area contributed by atoms with Crippen LogP contribution >= 0.6 is 0 Å². The summed E-state index contributed by atoms with van der Waals surface area (Å²) in [5, 5.41) is 0. The van der Waals surface area contributed by atoms with Crippen molar-refractivity contribution < 1.29 is 17.6 Å². The molecule has 0 aliphatic carbocycles. The highest BCUT2D eigenvalue weighted by atomic mass is 32.2. The van der Waals surface area contributed by atoms with Gasteiger partial charge in [0.15, 0.2) is 11.7 Å². The molecule has 1 saturated heterocycles. The molecule has 3 rings (SSSR count). The van der Waals surface area contributed by atoms with Gasteiger partial charge < -0.3 is 9.15 Å². The second-order valence-corrected chi connectivity index (χ2v) is 7.02. The number of ether oxygens (including phenoxy) is 1. The van der Waals surface area contributed by atoms with Crippen LogP contribution in [0.2, 0.25) is 0 Å². The van der Waals surface area contributed by atoms with Crippen molar-refractivity contribution in [1.29, 1.82) is 0 Å². The number of sulfonamides is 1. The normalized spacial score (nSPS) is 18.7. The van der Waals surface area contributed by atoms with Gasteiger partial charge in [0.1, 0.15) is 0 Å². The molecule has 2 heterocycles. The first-order chi connectivity index (χ1) is 10.5. The van der Waals surface area contributed by atoms with E-state index in [-0.39, 0.29) is 11.0 Å². The summed E-state index contributed by atoms with van der Waals surface area (Å²) in [7, 11) is -3.52. The third-order valence-electron chi connectivity index (χ3n) is 3.60. The van der Waals surface area contributed by atoms with E-state index < -0.39 is 10.0 Å². The Balaban J connectivity index is 1.70. The maximum Gasteiger partial charge on any atom is 0.240 e. The molecule has 0 amide bonds. The van der Waals surface area contributed by atoms with Gasteiger partial charge in [-0.05, 0) is 37.1 Å². The highest BCUT2D eigenvalue weighted by molar-refractivity contribution is 7.89. The lowest BCUT2D eigenvalue weighted by Gasteiger charge is -2.11. The molecule has 0 bridgehead atoms. The van der Waals surface area contributed by atoms with E-state index in [4.69, 9.17) is 9.15 Å². The average Bonchev–Trinajstić information content (AvgIpc) is 3.17. The first kappa shape index (κ1) is 15.2. The van der Waals surface area contributed by atoms with Gasteiger partial charge in [0.05, 0.1) is 17.2 Å². The first-order valence-electron chi connectivity index (χ1n) is 7.19. The number of aryl methyl sites for hydroxylation is 1. The van der Waals surface area contributed by atoms with Gasteiger partial charge in [0, 0.05) is 25.6 Å². The van der Waals surface area contributed by atoms with E-state index in [1.54, 1.807) is 37.4 Å². The molecule has 1 aromatic heterocycles. The number of hydrogen-bond donors (Lipinski definition) is 1. The van der Waals surface area contributed by atoms with Crippen LogP contribution in [0.3, 0.4) is 0 Å². The predicted molar refractivity (Wildman–Crippen MR) is 80.8 cm³/mol. The van der Waals surface area contributed by atoms with Crippen LogP contribution in [0.15, 0.2) is 39.8 Å². The maximum atomic E-state index is 12.2. The molecule has 1 aliphatic rings. The molecule has 1 aromatic carbocycles. The topological polar surface area (TPSA) is 81.4 Å². The molecule has 22 heavy (non-hydrogen) atoms. The van der Waals surface area contributed by atoms with Crippen LogP contribution in [-0.2, 0) is 14.8 Å². The van der Waals surface area contributed by atoms with Crippen LogP contribution in [0.25, 0.3) is 11.3 Å². The molecule has 1 fully saturated rings. The Labute approximate surface area is 129 Å². The largest absolute Gasteiger partial charge is 0.441 e. The van der Waals surface area contributed by atoms with Crippen LogP contribution in [-0.4, -0.2) is 32.7 Å². The zero-order valence-electron chi connectivity index (χ0n) is 12.3. The molecule has 1 atom stereocenters. The van der Waals surface area contributed by atoms with Crippen molar-refractivity contribution in [3.8, 4) is 11.3 Å². The molecule has 1 N–H and O–H groups in total. The standard InChI is InChI=1S/C15H18N2O4S/c1-11-16-10-15(21-11)12-4-6-14(7-5-12)22(18,19)17-9-13-3-2-8-20-13/h4-7,10,13,17H,2-3,8-9H2,1H3. The number of nitrogens with zero attached hydrogens (tertiary/aromatic N) is 1. The highest BCUT2D eigenvalue weighted by Crippen LogP contribution is 2.22. The Hall–Kier alpha value is -1.70. The lowest BCUT2D eigenvalue weighted by Crippen LogP contribution is -2.31. The van der Waals surface area contributed by atoms with Crippen LogP contribution in [0.4, 0.5) is 0 Å². The monoisotopic (exact) mass is 322 g/mol. The van der Waals surface area contributed by atoms with Crippen molar-refractivity contribution in [2.24, 2.45) is 0 Å². The quantitative estimate of drug-likeness (QED) is 0.912. The molecular formula is C15H18N2O4S. The van der Waals surface area contributed by atoms with Crippen LogP contribution in [0, 0.1) is 6.92 Å². The number of oxazole rings is 1. The SMILES string of the molecule is Cc1ncc(-c2ccc(S(=O)(=O)NCC3CCCO3)cc2)o1. The Bertz CT molecular complexity index is 731. The van der Waals surface area contributed by atoms with Gasteiger partial charge in [0.2, 0.25) is 10.0 Å². The Morgan fingerprint density at radius 1 is 1.32 bits per heavy atom. The van der Waals surface area contributed by atoms with E-state index in [1.807, 2.05) is 0 Å². The number of nitrogens with one attached hydrogen (secondary N) is 1. The Kier molecular flexibility index (Phi) is 4.28. The molecule has 6 nitrogen and oxygen atoms in total. The van der Waals surface area contributed by atoms with Crippen molar-refractivity contribution in [2.75, 3.05) is 13.2 Å². The molecule has 118 valence electrons. The van der Waals surface area contributed by atoms with Crippen LogP contribution < -0.4 is 4.72 Å². The van der Waals surface area contributed by atoms with Crippen LogP contribution in [0.5, 0.6) is 0 Å². The molecule has 0 saturated carbocycles. The fourth-order valence-corrected chi connectivity index (χ4v) is 3.45. The molecule has 0 radical (unpaired) electrons. The van der Waals surface area contributed by atoms with E-state index in [2.05, 4.69) is 9.71 Å². The summed E-state index contributed by atoms with van der Waals surface area (Å²) >= 11 is 0. The third kappa shape index (κ3) is 3.37. The van der Waals surface area contributed by atoms with Gasteiger partial charge in [0.25, 0.3) is 0 Å². The lowest BCUT2D eigenvalue weighted by molar-refractivity contribution is 0.114. The van der Waals surface area contributed by atoms with Crippen molar-refractivity contribution in [3.63, 3.8) is 0 Å². The highest BCUT2D eigenvalue weighted by Gasteiger charge is 2.20. The number of aromatic nitrogens is 1. The van der Waals surface area contributed by atoms with Crippen molar-refractivity contribution >= 4 is 10.0 Å². The van der Waals surface area contributed by atoms with Crippen molar-refractivity contribution in [3.05, 3.63) is 36.4 Å². The molecular weight excluding hydrogens is 304 g/mol. The van der Waals surface area contributed by atoms with Gasteiger partial charge >= 0.3 is 0 Å². The number of hydrogen-bond acceptors (Lipinski definition) is 5. The van der Waals surface area contributed by atoms with Crippen LogP contribution in [0.1, 0.15) is 18.7 Å². The third-order valence-corrected chi connectivity index (χ3v) is 5.03. The van der Waals surface area contributed by atoms with Gasteiger partial charge in [-0.1, -0.05) is 0 Å². The summed E-state index contributed by atoms with van der Waals surface area (Å²) in [5.74, 6) is 1.19. The van der Waals surface area contributed by atoms with E-state index in [9.17, 15) is 8.42 Å². The lowest BCUT2D eigenvalue weighted by atomic mass is 10.2. The van der Waals surface area contributed by atoms with Crippen molar-refractivity contribution in [2.45, 2.75) is 30.8 Å². The Morgan fingerprint density at radius 2 is 2.09 bits per heavy atom. The smallest absolute Gasteiger partial charge is 0.240 e. The summed E-state index contributed by atoms with van der Waals surface area (Å²) in [6.07, 6.45) is 3.48. The second kappa shape index (κ2) is 6.20. The Morgan fingerprint density at radius 3 is 2.68 bits per heavy atom. The molecule has 1 aliphatic heterocycles. The molecule has 1 unspecified atom stereocenters. The summed E-state index contributed by atoms with van der Waals surface area (Å²) in [6.45, 7) is 2.78. The van der Waals surface area contributed by atoms with Gasteiger partial charge in [-0.15, -0.1) is 0 Å². The van der Waals surface area contributed by atoms with Gasteiger partial charge in [-0.25, -0.2) is 18.1 Å². The summed E-state index contributed by atoms with van der Waals surface area (Å²) in [5.41, 5.74) is 0.790. The van der Waals surface area contributed by atoms with E-state index in [0.717, 1.165) is 18.4 Å². The first-order valence-corrected chi connectivity index (χ1v) is 8.67. The molecule has 2 aromatic rings. The minimum absolute atomic E-state index is 0.0220. The predicted octanol–water partition coefficient (Wildman–Crippen LogP) is 2.11. The minimum Gasteiger partial charge on any atom is -0.441 e. The fourth-order valence-electron chi connectivity index (χ4n) is 2.38. The van der Waals surface area contributed by atoms with E-state index in [0.29, 0.717) is 24.8 Å². The molecule has 0 spiro atoms. The van der Waals surface area contributed by atoms with E-state index >= 15 is 0 Å². The van der Waals surface area contributed by atoms with Crippen molar-refractivity contribution in [1.82, 2.24) is 9.71 Å². The second-order valence-electron chi connectivity index (χ2n) is 5.25. The minimum atomic E-state index is -3.52. The van der Waals surface area contributed by atoms with Gasteiger partial charge in [-0.3, -0.25) is 0 Å². The maximum absolute atomic E-state index is 12.2. The molecule has 7 heteroatoms. The fraction of sp³-hybridized carbons (Fsp3) is 0.400. The van der Waals surface area contributed by atoms with Gasteiger partial charge in [-0.2, -0.15) is 0 Å². The summed E-state index contributed by atoms with van der Waals surface area (Å²) in [6, 6.07) is 6.54. The number of benzene rings is 1. The average molecular weight is 322 g/mol. The zero-order valence-corrected chi connectivity index (χ0v) is 13.1. The summed E-state index contributed by atoms with van der Waals surface area (Å²) < 4.78 is 37.9.